The Morgan fingerprint density at radius 3 is 2.25 bits per heavy atom. The van der Waals surface area contributed by atoms with Crippen LogP contribution in [0.4, 0.5) is 0 Å². The molecule has 11 heteroatoms. The third-order valence-electron chi connectivity index (χ3n) is 4.28. The van der Waals surface area contributed by atoms with E-state index in [1.165, 1.54) is 7.11 Å². The summed E-state index contributed by atoms with van der Waals surface area (Å²) in [5.41, 5.74) is 0. The molecule has 0 aromatic carbocycles. The highest BCUT2D eigenvalue weighted by atomic mass is 16.8. The van der Waals surface area contributed by atoms with E-state index in [0.717, 1.165) is 0 Å². The minimum Gasteiger partial charge on any atom is -0.394 e. The molecule has 0 amide bonds. The van der Waals surface area contributed by atoms with Gasteiger partial charge in [-0.3, -0.25) is 0 Å². The second-order valence-corrected chi connectivity index (χ2v) is 5.81. The van der Waals surface area contributed by atoms with E-state index in [4.69, 9.17) is 24.1 Å². The Bertz CT molecular complexity index is 407. The van der Waals surface area contributed by atoms with Gasteiger partial charge >= 0.3 is 0 Å². The van der Waals surface area contributed by atoms with Crippen LogP contribution in [0.15, 0.2) is 0 Å². The normalized spacial score (nSPS) is 50.0. The fourth-order valence-electron chi connectivity index (χ4n) is 2.76. The smallest absolute Gasteiger partial charge is 0.221 e. The summed E-state index contributed by atoms with van der Waals surface area (Å²) in [6.45, 7) is -1.95. The lowest BCUT2D eigenvalue weighted by Gasteiger charge is -2.49. The molecule has 2 aliphatic rings. The first kappa shape index (κ1) is 19.9. The zero-order valence-electron chi connectivity index (χ0n) is 13.0. The molecule has 2 rings (SSSR count). The van der Waals surface area contributed by atoms with Gasteiger partial charge in [0.25, 0.3) is 0 Å². The van der Waals surface area contributed by atoms with E-state index < -0.39 is 74.6 Å². The third-order valence-corrected chi connectivity index (χ3v) is 4.28. The van der Waals surface area contributed by atoms with Crippen LogP contribution in [0.2, 0.25) is 0 Å². The zero-order chi connectivity index (χ0) is 18.1. The van der Waals surface area contributed by atoms with E-state index in [1.54, 1.807) is 0 Å². The van der Waals surface area contributed by atoms with Crippen LogP contribution in [0.1, 0.15) is 0 Å². The lowest BCUT2D eigenvalue weighted by molar-refractivity contribution is -0.401. The molecule has 0 aromatic heterocycles. The van der Waals surface area contributed by atoms with Crippen LogP contribution in [-0.2, 0) is 18.9 Å². The van der Waals surface area contributed by atoms with Crippen molar-refractivity contribution in [3.8, 4) is 0 Å². The maximum absolute atomic E-state index is 10.2. The van der Waals surface area contributed by atoms with Gasteiger partial charge in [0.1, 0.15) is 49.3 Å². The monoisotopic (exact) mass is 356 g/mol. The number of methoxy groups -OCH3 is 1. The molecule has 2 aliphatic heterocycles. The maximum Gasteiger partial charge on any atom is 0.221 e. The summed E-state index contributed by atoms with van der Waals surface area (Å²) in [4.78, 5) is 0. The van der Waals surface area contributed by atoms with E-state index in [1.807, 2.05) is 0 Å². The SMILES string of the molecule is CO[C@@H]1O[C@H](CO)[C@@H](O)[C@H](O)[C@H]1O[C@]1(CO)OC[C@H](O)[C@H](O)[C@H]1O. The quantitative estimate of drug-likeness (QED) is 0.251. The van der Waals surface area contributed by atoms with Crippen molar-refractivity contribution >= 4 is 0 Å². The molecule has 11 nitrogen and oxygen atoms in total. The molecule has 24 heavy (non-hydrogen) atoms. The Labute approximate surface area is 137 Å². The van der Waals surface area contributed by atoms with Crippen molar-refractivity contribution in [2.45, 2.75) is 54.8 Å². The highest BCUT2D eigenvalue weighted by molar-refractivity contribution is 4.97. The molecule has 0 saturated carbocycles. The van der Waals surface area contributed by atoms with Gasteiger partial charge in [-0.2, -0.15) is 0 Å². The zero-order valence-corrected chi connectivity index (χ0v) is 13.0. The first-order valence-electron chi connectivity index (χ1n) is 7.43. The molecule has 7 N–H and O–H groups in total. The van der Waals surface area contributed by atoms with Crippen molar-refractivity contribution in [1.29, 1.82) is 0 Å². The van der Waals surface area contributed by atoms with Crippen LogP contribution >= 0.6 is 0 Å². The lowest BCUT2D eigenvalue weighted by atomic mass is 9.95. The number of rotatable bonds is 5. The molecule has 9 atom stereocenters. The summed E-state index contributed by atoms with van der Waals surface area (Å²) in [5.74, 6) is -2.17. The van der Waals surface area contributed by atoms with Crippen LogP contribution in [0.3, 0.4) is 0 Å². The van der Waals surface area contributed by atoms with Crippen molar-refractivity contribution < 1.29 is 54.7 Å². The highest BCUT2D eigenvalue weighted by Gasteiger charge is 2.55. The van der Waals surface area contributed by atoms with Gasteiger partial charge in [0.05, 0.1) is 13.2 Å². The summed E-state index contributed by atoms with van der Waals surface area (Å²) < 4.78 is 20.9. The molecule has 0 bridgehead atoms. The molecule has 2 fully saturated rings. The molecule has 0 radical (unpaired) electrons. The number of aliphatic hydroxyl groups is 7. The van der Waals surface area contributed by atoms with Gasteiger partial charge in [-0.1, -0.05) is 0 Å². The van der Waals surface area contributed by atoms with Gasteiger partial charge in [-0.25, -0.2) is 0 Å². The van der Waals surface area contributed by atoms with E-state index in [0.29, 0.717) is 0 Å². The van der Waals surface area contributed by atoms with E-state index >= 15 is 0 Å². The Morgan fingerprint density at radius 1 is 1.04 bits per heavy atom. The standard InChI is InChI=1S/C13H24O11/c1-21-12-10(9(19)8(18)6(2-14)23-12)24-13(4-15)11(20)7(17)5(16)3-22-13/h5-12,14-20H,2-4H2,1H3/t5-,6+,7-,8+,9-,10+,11+,12+,13-/m0/s1. The largest absolute Gasteiger partial charge is 0.394 e. The van der Waals surface area contributed by atoms with Crippen LogP contribution in [0.25, 0.3) is 0 Å². The third kappa shape index (κ3) is 3.43. The number of hydrogen-bond donors (Lipinski definition) is 7. The molecule has 0 aromatic rings. The number of ether oxygens (including phenoxy) is 4. The first-order valence-corrected chi connectivity index (χ1v) is 7.43. The molecule has 0 spiro atoms. The van der Waals surface area contributed by atoms with E-state index in [9.17, 15) is 30.6 Å². The average Bonchev–Trinajstić information content (AvgIpc) is 2.59. The molecule has 0 unspecified atom stereocenters. The van der Waals surface area contributed by atoms with Crippen LogP contribution in [-0.4, -0.2) is 117 Å². The van der Waals surface area contributed by atoms with Gasteiger partial charge in [-0.05, 0) is 0 Å². The molecule has 2 saturated heterocycles. The molecule has 2 heterocycles. The van der Waals surface area contributed by atoms with Gasteiger partial charge < -0.3 is 54.7 Å². The number of hydrogen-bond acceptors (Lipinski definition) is 11. The minimum atomic E-state index is -2.17. The average molecular weight is 356 g/mol. The van der Waals surface area contributed by atoms with Crippen molar-refractivity contribution in [2.24, 2.45) is 0 Å². The Balaban J connectivity index is 2.22. The Morgan fingerprint density at radius 2 is 1.71 bits per heavy atom. The summed E-state index contributed by atoms with van der Waals surface area (Å²) in [6.07, 6.45) is -11.8. The van der Waals surface area contributed by atoms with Gasteiger partial charge in [-0.15, -0.1) is 0 Å². The Hall–Kier alpha value is -0.440. The maximum atomic E-state index is 10.2. The van der Waals surface area contributed by atoms with Crippen LogP contribution in [0, 0.1) is 0 Å². The van der Waals surface area contributed by atoms with E-state index in [-0.39, 0.29) is 0 Å². The topological polar surface area (TPSA) is 179 Å². The van der Waals surface area contributed by atoms with E-state index in [2.05, 4.69) is 0 Å². The fourth-order valence-corrected chi connectivity index (χ4v) is 2.76. The molecular formula is C13H24O11. The van der Waals surface area contributed by atoms with Crippen molar-refractivity contribution in [1.82, 2.24) is 0 Å². The minimum absolute atomic E-state index is 0.443. The van der Waals surface area contributed by atoms with Gasteiger partial charge in [0.15, 0.2) is 6.29 Å². The fraction of sp³-hybridized carbons (Fsp3) is 1.00. The number of aliphatic hydroxyl groups excluding tert-OH is 7. The summed E-state index contributed by atoms with van der Waals surface area (Å²) in [6, 6.07) is 0. The predicted octanol–water partition coefficient (Wildman–Crippen LogP) is -4.74. The predicted molar refractivity (Wildman–Crippen MR) is 73.4 cm³/mol. The molecule has 0 aliphatic carbocycles. The van der Waals surface area contributed by atoms with Crippen molar-refractivity contribution in [3.05, 3.63) is 0 Å². The highest BCUT2D eigenvalue weighted by Crippen LogP contribution is 2.33. The summed E-state index contributed by atoms with van der Waals surface area (Å²) in [5, 5.41) is 68.3. The lowest BCUT2D eigenvalue weighted by Crippen LogP contribution is -2.68. The summed E-state index contributed by atoms with van der Waals surface area (Å²) >= 11 is 0. The Kier molecular flexibility index (Phi) is 6.50. The molecule has 142 valence electrons. The van der Waals surface area contributed by atoms with Crippen LogP contribution in [0.5, 0.6) is 0 Å². The van der Waals surface area contributed by atoms with Crippen LogP contribution < -0.4 is 0 Å². The van der Waals surface area contributed by atoms with Crippen molar-refractivity contribution in [2.75, 3.05) is 26.9 Å². The first-order chi connectivity index (χ1) is 11.3. The van der Waals surface area contributed by atoms with Gasteiger partial charge in [0.2, 0.25) is 5.79 Å². The second kappa shape index (κ2) is 7.85. The van der Waals surface area contributed by atoms with Crippen molar-refractivity contribution in [3.63, 3.8) is 0 Å². The van der Waals surface area contributed by atoms with Gasteiger partial charge in [0, 0.05) is 7.11 Å². The summed E-state index contributed by atoms with van der Waals surface area (Å²) in [7, 11) is 1.22. The second-order valence-electron chi connectivity index (χ2n) is 5.81. The molecular weight excluding hydrogens is 332 g/mol.